The van der Waals surface area contributed by atoms with Crippen LogP contribution in [0.3, 0.4) is 0 Å². The Morgan fingerprint density at radius 3 is 2.24 bits per heavy atom. The summed E-state index contributed by atoms with van der Waals surface area (Å²) in [6, 6.07) is 2.67. The van der Waals surface area contributed by atoms with E-state index in [9.17, 15) is 45.3 Å². The van der Waals surface area contributed by atoms with Crippen LogP contribution in [0.2, 0.25) is 0 Å². The van der Waals surface area contributed by atoms with Crippen molar-refractivity contribution in [3.63, 3.8) is 0 Å². The van der Waals surface area contributed by atoms with Gasteiger partial charge in [-0.1, -0.05) is 0 Å². The SMILES string of the molecule is COc1c(O)cc2c(c1O)[C@@H]1O[C@H](COC(=O)c3cc(O)c(O)c(O)c3)[C@H](O)[C@H](O)[C@@H]1OC2=O. The fourth-order valence-electron chi connectivity index (χ4n) is 3.90. The van der Waals surface area contributed by atoms with E-state index in [2.05, 4.69) is 0 Å². The third-order valence-electron chi connectivity index (χ3n) is 5.60. The molecule has 2 heterocycles. The third kappa shape index (κ3) is 3.65. The van der Waals surface area contributed by atoms with Crippen molar-refractivity contribution in [2.24, 2.45) is 0 Å². The van der Waals surface area contributed by atoms with Crippen LogP contribution in [0.15, 0.2) is 18.2 Å². The minimum Gasteiger partial charge on any atom is -0.504 e. The molecular weight excluding hydrogens is 460 g/mol. The molecule has 0 aliphatic carbocycles. The molecule has 0 saturated carbocycles. The normalized spacial score (nSPS) is 25.6. The average molecular weight is 480 g/mol. The highest BCUT2D eigenvalue weighted by Gasteiger charge is 2.52. The fourth-order valence-corrected chi connectivity index (χ4v) is 3.90. The Hall–Kier alpha value is -3.94. The number of aromatic hydroxyl groups is 5. The summed E-state index contributed by atoms with van der Waals surface area (Å²) in [5.74, 6) is -5.97. The van der Waals surface area contributed by atoms with Crippen LogP contribution in [0.1, 0.15) is 32.4 Å². The first-order valence-corrected chi connectivity index (χ1v) is 9.82. The van der Waals surface area contributed by atoms with Gasteiger partial charge in [0.25, 0.3) is 0 Å². The van der Waals surface area contributed by atoms with Gasteiger partial charge in [0, 0.05) is 5.56 Å². The molecule has 0 spiro atoms. The topological polar surface area (TPSA) is 213 Å². The molecule has 182 valence electrons. The van der Waals surface area contributed by atoms with Crippen LogP contribution in [-0.2, 0) is 14.2 Å². The quantitative estimate of drug-likeness (QED) is 0.223. The Labute approximate surface area is 190 Å². The van der Waals surface area contributed by atoms with Crippen molar-refractivity contribution in [3.05, 3.63) is 34.9 Å². The van der Waals surface area contributed by atoms with Gasteiger partial charge in [0.1, 0.15) is 31.0 Å². The number of carbonyl (C=O) groups is 2. The Balaban J connectivity index is 1.60. The van der Waals surface area contributed by atoms with Crippen LogP contribution in [0.4, 0.5) is 0 Å². The second kappa shape index (κ2) is 8.44. The number of hydrogen-bond donors (Lipinski definition) is 7. The largest absolute Gasteiger partial charge is 0.504 e. The number of ether oxygens (including phenoxy) is 4. The van der Waals surface area contributed by atoms with E-state index in [0.717, 1.165) is 18.2 Å². The average Bonchev–Trinajstić information content (AvgIpc) is 2.79. The number of phenolic OH excluding ortho intramolecular Hbond substituents is 5. The van der Waals surface area contributed by atoms with E-state index in [1.54, 1.807) is 0 Å². The summed E-state index contributed by atoms with van der Waals surface area (Å²) in [4.78, 5) is 24.7. The summed E-state index contributed by atoms with van der Waals surface area (Å²) >= 11 is 0. The standard InChI is InChI=1S/C21H20O13/c1-31-17-10(24)4-7-12(15(17)27)18-19(34-21(7)30)16(28)14(26)11(33-18)5-32-20(29)6-2-8(22)13(25)9(23)3-6/h2-4,11,14,16,18-19,22-28H,5H2,1H3/t11-,14+,16+,18+,19+/m1/s1. The highest BCUT2D eigenvalue weighted by Crippen LogP contribution is 2.50. The Bertz CT molecular complexity index is 1140. The molecule has 1 saturated heterocycles. The zero-order chi connectivity index (χ0) is 24.9. The van der Waals surface area contributed by atoms with Gasteiger partial charge in [-0.15, -0.1) is 0 Å². The molecule has 2 aromatic carbocycles. The molecule has 34 heavy (non-hydrogen) atoms. The van der Waals surface area contributed by atoms with Crippen LogP contribution >= 0.6 is 0 Å². The smallest absolute Gasteiger partial charge is 0.339 e. The number of methoxy groups -OCH3 is 1. The van der Waals surface area contributed by atoms with Gasteiger partial charge < -0.3 is 54.7 Å². The summed E-state index contributed by atoms with van der Waals surface area (Å²) in [5, 5.41) is 70.0. The van der Waals surface area contributed by atoms with Gasteiger partial charge in [-0.2, -0.15) is 0 Å². The van der Waals surface area contributed by atoms with E-state index in [0.29, 0.717) is 0 Å². The third-order valence-corrected chi connectivity index (χ3v) is 5.60. The van der Waals surface area contributed by atoms with Gasteiger partial charge in [0.2, 0.25) is 5.75 Å². The highest BCUT2D eigenvalue weighted by molar-refractivity contribution is 5.95. The van der Waals surface area contributed by atoms with E-state index in [-0.39, 0.29) is 22.4 Å². The van der Waals surface area contributed by atoms with Crippen LogP contribution in [-0.4, -0.2) is 85.8 Å². The lowest BCUT2D eigenvalue weighted by Crippen LogP contribution is -2.58. The summed E-state index contributed by atoms with van der Waals surface area (Å²) in [6.07, 6.45) is -7.53. The van der Waals surface area contributed by atoms with E-state index in [4.69, 9.17) is 18.9 Å². The molecule has 1 fully saturated rings. The first kappa shape index (κ1) is 23.2. The minimum atomic E-state index is -1.71. The first-order valence-electron chi connectivity index (χ1n) is 9.82. The van der Waals surface area contributed by atoms with Crippen molar-refractivity contribution in [3.8, 4) is 34.5 Å². The van der Waals surface area contributed by atoms with E-state index >= 15 is 0 Å². The second-order valence-corrected chi connectivity index (χ2v) is 7.65. The lowest BCUT2D eigenvalue weighted by molar-refractivity contribution is -0.235. The first-order chi connectivity index (χ1) is 16.0. The van der Waals surface area contributed by atoms with Crippen molar-refractivity contribution in [2.45, 2.75) is 30.5 Å². The number of phenols is 5. The predicted octanol–water partition coefficient (Wildman–Crippen LogP) is -0.219. The molecule has 0 bridgehead atoms. The molecule has 2 aromatic rings. The van der Waals surface area contributed by atoms with Crippen molar-refractivity contribution in [1.29, 1.82) is 0 Å². The zero-order valence-electron chi connectivity index (χ0n) is 17.4. The molecular formula is C21H20O13. The van der Waals surface area contributed by atoms with Crippen LogP contribution in [0.25, 0.3) is 0 Å². The minimum absolute atomic E-state index is 0.161. The van der Waals surface area contributed by atoms with Crippen LogP contribution in [0.5, 0.6) is 34.5 Å². The fraction of sp³-hybridized carbons (Fsp3) is 0.333. The van der Waals surface area contributed by atoms with Gasteiger partial charge in [-0.05, 0) is 18.2 Å². The number of hydrogen-bond acceptors (Lipinski definition) is 13. The number of rotatable bonds is 4. The summed E-state index contributed by atoms with van der Waals surface area (Å²) in [6.45, 7) is -0.637. The van der Waals surface area contributed by atoms with Crippen molar-refractivity contribution < 1.29 is 64.3 Å². The molecule has 2 aliphatic heterocycles. The van der Waals surface area contributed by atoms with Crippen LogP contribution < -0.4 is 4.74 Å². The molecule has 5 atom stereocenters. The van der Waals surface area contributed by atoms with Crippen LogP contribution in [0, 0.1) is 0 Å². The summed E-state index contributed by atoms with van der Waals surface area (Å²) < 4.78 is 20.8. The van der Waals surface area contributed by atoms with Crippen molar-refractivity contribution in [1.82, 2.24) is 0 Å². The number of aliphatic hydroxyl groups excluding tert-OH is 2. The van der Waals surface area contributed by atoms with Gasteiger partial charge in [-0.25, -0.2) is 9.59 Å². The number of aliphatic hydroxyl groups is 2. The molecule has 13 nitrogen and oxygen atoms in total. The lowest BCUT2D eigenvalue weighted by atomic mass is 9.86. The van der Waals surface area contributed by atoms with E-state index in [1.165, 1.54) is 7.11 Å². The maximum atomic E-state index is 12.4. The molecule has 0 amide bonds. The van der Waals surface area contributed by atoms with E-state index in [1.807, 2.05) is 0 Å². The molecule has 0 aromatic heterocycles. The second-order valence-electron chi connectivity index (χ2n) is 7.65. The number of esters is 2. The summed E-state index contributed by atoms with van der Waals surface area (Å²) in [5.41, 5.74) is -0.746. The molecule has 7 N–H and O–H groups in total. The Morgan fingerprint density at radius 2 is 1.62 bits per heavy atom. The maximum Gasteiger partial charge on any atom is 0.339 e. The predicted molar refractivity (Wildman–Crippen MR) is 107 cm³/mol. The number of fused-ring (bicyclic) bond motifs is 3. The highest BCUT2D eigenvalue weighted by atomic mass is 16.6. The Kier molecular flexibility index (Phi) is 5.77. The number of benzene rings is 2. The van der Waals surface area contributed by atoms with Crippen molar-refractivity contribution >= 4 is 11.9 Å². The lowest BCUT2D eigenvalue weighted by Gasteiger charge is -2.44. The molecule has 4 rings (SSSR count). The maximum absolute atomic E-state index is 12.4. The monoisotopic (exact) mass is 480 g/mol. The van der Waals surface area contributed by atoms with Gasteiger partial charge in [-0.3, -0.25) is 0 Å². The van der Waals surface area contributed by atoms with Crippen molar-refractivity contribution in [2.75, 3.05) is 13.7 Å². The Morgan fingerprint density at radius 1 is 0.971 bits per heavy atom. The number of carbonyl (C=O) groups excluding carboxylic acids is 2. The molecule has 0 unspecified atom stereocenters. The molecule has 0 radical (unpaired) electrons. The zero-order valence-corrected chi connectivity index (χ0v) is 17.4. The summed E-state index contributed by atoms with van der Waals surface area (Å²) in [7, 11) is 1.17. The van der Waals surface area contributed by atoms with Gasteiger partial charge in [0.15, 0.2) is 34.9 Å². The molecule has 2 aliphatic rings. The van der Waals surface area contributed by atoms with E-state index < -0.39 is 77.8 Å². The molecule has 13 heteroatoms. The van der Waals surface area contributed by atoms with Gasteiger partial charge in [0.05, 0.1) is 18.2 Å². The van der Waals surface area contributed by atoms with Gasteiger partial charge >= 0.3 is 11.9 Å².